The van der Waals surface area contributed by atoms with E-state index >= 15 is 0 Å². The molecule has 4 rings (SSSR count). The lowest BCUT2D eigenvalue weighted by Gasteiger charge is -2.25. The molecule has 0 bridgehead atoms. The molecule has 1 aliphatic rings. The predicted molar refractivity (Wildman–Crippen MR) is 124 cm³/mol. The molecule has 0 spiro atoms. The minimum Gasteiger partial charge on any atom is -0.382 e. The van der Waals surface area contributed by atoms with Crippen LogP contribution in [-0.2, 0) is 16.5 Å². The predicted octanol–water partition coefficient (Wildman–Crippen LogP) is 4.30. The molecule has 0 saturated heterocycles. The van der Waals surface area contributed by atoms with Gasteiger partial charge in [0.05, 0.1) is 6.54 Å². The van der Waals surface area contributed by atoms with Crippen molar-refractivity contribution in [3.8, 4) is 11.4 Å². The third-order valence-corrected chi connectivity index (χ3v) is 8.66. The zero-order chi connectivity index (χ0) is 21.8. The summed E-state index contributed by atoms with van der Waals surface area (Å²) in [6, 6.07) is 12.9. The fourth-order valence-electron chi connectivity index (χ4n) is 3.98. The van der Waals surface area contributed by atoms with E-state index < -0.39 is 9.93 Å². The lowest BCUT2D eigenvalue weighted by Crippen LogP contribution is -2.23. The Balaban J connectivity index is 1.67. The second-order valence-corrected chi connectivity index (χ2v) is 11.7. The van der Waals surface area contributed by atoms with E-state index in [0.717, 1.165) is 29.0 Å². The van der Waals surface area contributed by atoms with Crippen molar-refractivity contribution in [3.63, 3.8) is 0 Å². The molecule has 166 valence electrons. The summed E-state index contributed by atoms with van der Waals surface area (Å²) in [6.07, 6.45) is 7.81. The largest absolute Gasteiger partial charge is 0.382 e. The Bertz CT molecular complexity index is 1090. The summed E-state index contributed by atoms with van der Waals surface area (Å²) >= 11 is 0. The van der Waals surface area contributed by atoms with Gasteiger partial charge < -0.3 is 5.32 Å². The number of halogens is 1. The number of rotatable bonds is 7. The molecule has 0 amide bonds. The first-order chi connectivity index (χ1) is 15.0. The van der Waals surface area contributed by atoms with Gasteiger partial charge in [-0.05, 0) is 48.6 Å². The molecular weight excluding hydrogens is 413 g/mol. The zero-order valence-electron chi connectivity index (χ0n) is 18.1. The van der Waals surface area contributed by atoms with Gasteiger partial charge >= 0.3 is 0 Å². The molecule has 0 unspecified atom stereocenters. The van der Waals surface area contributed by atoms with Crippen LogP contribution in [0.3, 0.4) is 0 Å². The summed E-state index contributed by atoms with van der Waals surface area (Å²) in [6.45, 7) is 2.14. The third-order valence-electron chi connectivity index (χ3n) is 6.08. The van der Waals surface area contributed by atoms with Gasteiger partial charge in [-0.25, -0.2) is 4.39 Å². The standard InChI is InChI=1S/C23H30FN5OS/c1-3-31(2,30)19-13-14-22(25-18-10-5-4-6-11-18)20(15-19)23-26-28-29(27-23)16-17-9-7-8-12-21(17)24/h7-9,12-15,18,25,31H,3-6,10-11,16H2,1-2H3. The molecule has 8 heteroatoms. The highest BCUT2D eigenvalue weighted by atomic mass is 32.2. The summed E-state index contributed by atoms with van der Waals surface area (Å²) < 4.78 is 27.1. The van der Waals surface area contributed by atoms with Gasteiger partial charge in [0.2, 0.25) is 5.82 Å². The Hall–Kier alpha value is -2.61. The second kappa shape index (κ2) is 9.26. The highest BCUT2D eigenvalue weighted by molar-refractivity contribution is 8.02. The van der Waals surface area contributed by atoms with E-state index in [-0.39, 0.29) is 12.4 Å². The van der Waals surface area contributed by atoms with Crippen LogP contribution < -0.4 is 5.32 Å². The van der Waals surface area contributed by atoms with Crippen LogP contribution >= 0.6 is 0 Å². The summed E-state index contributed by atoms with van der Waals surface area (Å²) in [5.74, 6) is 0.750. The van der Waals surface area contributed by atoms with Crippen LogP contribution in [0.1, 0.15) is 44.6 Å². The quantitative estimate of drug-likeness (QED) is 0.533. The van der Waals surface area contributed by atoms with E-state index in [4.69, 9.17) is 0 Å². The van der Waals surface area contributed by atoms with Crippen molar-refractivity contribution < 1.29 is 8.60 Å². The lowest BCUT2D eigenvalue weighted by atomic mass is 9.95. The van der Waals surface area contributed by atoms with E-state index in [9.17, 15) is 8.60 Å². The maximum absolute atomic E-state index is 14.0. The fraction of sp³-hybridized carbons (Fsp3) is 0.435. The van der Waals surface area contributed by atoms with Gasteiger partial charge in [0, 0.05) is 33.5 Å². The van der Waals surface area contributed by atoms with Gasteiger partial charge in [0.15, 0.2) is 0 Å². The highest BCUT2D eigenvalue weighted by Gasteiger charge is 2.20. The summed E-state index contributed by atoms with van der Waals surface area (Å²) in [4.78, 5) is 2.21. The number of tetrazole rings is 1. The van der Waals surface area contributed by atoms with Crippen molar-refractivity contribution in [2.75, 3.05) is 17.3 Å². The van der Waals surface area contributed by atoms with Gasteiger partial charge in [0.1, 0.15) is 5.82 Å². The average molecular weight is 444 g/mol. The number of nitrogens with zero attached hydrogens (tertiary/aromatic N) is 4. The second-order valence-electron chi connectivity index (χ2n) is 8.36. The van der Waals surface area contributed by atoms with Gasteiger partial charge in [-0.3, -0.25) is 4.21 Å². The van der Waals surface area contributed by atoms with Gasteiger partial charge in [0.25, 0.3) is 0 Å². The van der Waals surface area contributed by atoms with E-state index in [1.165, 1.54) is 30.1 Å². The van der Waals surface area contributed by atoms with Crippen molar-refractivity contribution in [1.29, 1.82) is 0 Å². The number of benzene rings is 2. The summed E-state index contributed by atoms with van der Waals surface area (Å²) in [5, 5.41) is 16.5. The van der Waals surface area contributed by atoms with Crippen LogP contribution in [0.5, 0.6) is 0 Å². The molecule has 0 aliphatic heterocycles. The smallest absolute Gasteiger partial charge is 0.207 e. The minimum atomic E-state index is -2.45. The van der Waals surface area contributed by atoms with E-state index in [2.05, 4.69) is 20.7 Å². The fourth-order valence-corrected chi connectivity index (χ4v) is 5.14. The highest BCUT2D eigenvalue weighted by Crippen LogP contribution is 2.32. The first-order valence-corrected chi connectivity index (χ1v) is 13.3. The third kappa shape index (κ3) is 5.01. The van der Waals surface area contributed by atoms with Crippen LogP contribution in [-0.4, -0.2) is 42.5 Å². The Kier molecular flexibility index (Phi) is 6.46. The van der Waals surface area contributed by atoms with Gasteiger partial charge in [-0.15, -0.1) is 10.2 Å². The Morgan fingerprint density at radius 2 is 1.94 bits per heavy atom. The lowest BCUT2D eigenvalue weighted by molar-refractivity contribution is 0.463. The van der Waals surface area contributed by atoms with Crippen molar-refractivity contribution in [3.05, 3.63) is 53.8 Å². The summed E-state index contributed by atoms with van der Waals surface area (Å²) in [7, 11) is -2.45. The maximum atomic E-state index is 14.0. The molecule has 2 aromatic carbocycles. The summed E-state index contributed by atoms with van der Waals surface area (Å²) in [5.41, 5.74) is 2.22. The number of hydrogen-bond acceptors (Lipinski definition) is 5. The molecule has 1 heterocycles. The molecule has 1 aromatic heterocycles. The van der Waals surface area contributed by atoms with E-state index in [1.54, 1.807) is 18.2 Å². The van der Waals surface area contributed by atoms with Crippen LogP contribution in [0, 0.1) is 5.82 Å². The van der Waals surface area contributed by atoms with Crippen molar-refractivity contribution in [2.24, 2.45) is 0 Å². The molecule has 0 radical (unpaired) electrons. The van der Waals surface area contributed by atoms with Crippen molar-refractivity contribution in [2.45, 2.75) is 56.5 Å². The SMILES string of the molecule is CC[SH](C)(=O)c1ccc(NC2CCCCC2)c(-c2nnn(Cc3ccccc3F)n2)c1. The molecule has 1 saturated carbocycles. The number of anilines is 1. The Morgan fingerprint density at radius 3 is 2.68 bits per heavy atom. The molecular formula is C23H30FN5OS. The number of thiol groups is 1. The number of aromatic nitrogens is 4. The molecule has 6 nitrogen and oxygen atoms in total. The average Bonchev–Trinajstić information content (AvgIpc) is 3.24. The Labute approximate surface area is 183 Å². The maximum Gasteiger partial charge on any atom is 0.207 e. The van der Waals surface area contributed by atoms with Crippen LogP contribution in [0.15, 0.2) is 47.4 Å². The van der Waals surface area contributed by atoms with Gasteiger partial charge in [-0.2, -0.15) is 4.80 Å². The molecule has 3 aromatic rings. The zero-order valence-corrected chi connectivity index (χ0v) is 19.0. The molecule has 1 N–H and O–H groups in total. The van der Waals surface area contributed by atoms with E-state index in [0.29, 0.717) is 23.2 Å². The normalized spacial score (nSPS) is 15.7. The molecule has 31 heavy (non-hydrogen) atoms. The first kappa shape index (κ1) is 21.6. The minimum absolute atomic E-state index is 0.200. The number of hydrogen-bond donors (Lipinski definition) is 2. The topological polar surface area (TPSA) is 72.7 Å². The van der Waals surface area contributed by atoms with E-state index in [1.807, 2.05) is 31.4 Å². The molecule has 0 atom stereocenters. The Morgan fingerprint density at radius 1 is 1.16 bits per heavy atom. The van der Waals surface area contributed by atoms with Crippen LogP contribution in [0.2, 0.25) is 0 Å². The van der Waals surface area contributed by atoms with Crippen molar-refractivity contribution in [1.82, 2.24) is 20.2 Å². The molecule has 1 aliphatic carbocycles. The molecule has 1 fully saturated rings. The monoisotopic (exact) mass is 443 g/mol. The van der Waals surface area contributed by atoms with Crippen molar-refractivity contribution >= 4 is 15.6 Å². The number of nitrogens with one attached hydrogen (secondary N) is 1. The first-order valence-electron chi connectivity index (χ1n) is 11.0. The van der Waals surface area contributed by atoms with Gasteiger partial charge in [-0.1, -0.05) is 54.3 Å². The van der Waals surface area contributed by atoms with Crippen LogP contribution in [0.4, 0.5) is 10.1 Å². The van der Waals surface area contributed by atoms with Crippen LogP contribution in [0.25, 0.3) is 11.4 Å².